The molecule has 1 fully saturated rings. The van der Waals surface area contributed by atoms with Crippen LogP contribution in [0.2, 0.25) is 0 Å². The predicted octanol–water partition coefficient (Wildman–Crippen LogP) is 3.06. The zero-order valence-corrected chi connectivity index (χ0v) is 19.8. The largest absolute Gasteiger partial charge is 0.418 e. The van der Waals surface area contributed by atoms with Crippen LogP contribution in [-0.4, -0.2) is 50.5 Å². The summed E-state index contributed by atoms with van der Waals surface area (Å²) in [7, 11) is -2.62. The van der Waals surface area contributed by atoms with Crippen LogP contribution in [0.3, 0.4) is 0 Å². The number of hydrogen-bond donors (Lipinski definition) is 3. The average molecular weight is 496 g/mol. The van der Waals surface area contributed by atoms with Crippen LogP contribution >= 0.6 is 0 Å². The molecule has 2 aliphatic rings. The van der Waals surface area contributed by atoms with Crippen molar-refractivity contribution in [1.29, 1.82) is 0 Å². The van der Waals surface area contributed by atoms with Crippen molar-refractivity contribution in [2.45, 2.75) is 26.1 Å². The minimum Gasteiger partial charge on any atom is -0.355 e. The van der Waals surface area contributed by atoms with Crippen molar-refractivity contribution in [1.82, 2.24) is 15.2 Å². The van der Waals surface area contributed by atoms with Crippen molar-refractivity contribution in [3.05, 3.63) is 71.6 Å². The third kappa shape index (κ3) is 6.37. The highest BCUT2D eigenvalue weighted by atomic mass is 32.2. The number of anilines is 1. The van der Waals surface area contributed by atoms with Gasteiger partial charge in [0.2, 0.25) is 0 Å². The standard InChI is InChI=1S/C23H25F3N4.H3NO2S/c1-16-7-3-4-8-18(16)22-19(23(24,25)26)10-11-20(28-22)30-13-6-5-9-21(30)29-14-12-27-17(2)15-29;1-4(2)3/h3-11,17,27H,12-15H2,1-2H3;4H,(H2,1,2,3)/t17-;/m1./s1. The molecule has 1 saturated heterocycles. The number of allylic oxidation sites excluding steroid dienone is 2. The summed E-state index contributed by atoms with van der Waals surface area (Å²) in [5, 5.41) is 7.49. The molecule has 0 unspecified atom stereocenters. The average Bonchev–Trinajstić information content (AvgIpc) is 2.78. The molecule has 0 amide bonds. The second kappa shape index (κ2) is 11.0. The molecule has 7 nitrogen and oxygen atoms in total. The number of piperazine rings is 1. The van der Waals surface area contributed by atoms with Crippen molar-refractivity contribution < 1.29 is 21.6 Å². The minimum absolute atomic E-state index is 0.0271. The first kappa shape index (κ1) is 25.7. The zero-order valence-electron chi connectivity index (χ0n) is 18.9. The van der Waals surface area contributed by atoms with Crippen LogP contribution in [0.4, 0.5) is 19.0 Å². The molecule has 0 bridgehead atoms. The van der Waals surface area contributed by atoms with E-state index in [2.05, 4.69) is 27.3 Å². The van der Waals surface area contributed by atoms with Gasteiger partial charge in [-0.15, -0.1) is 0 Å². The molecular weight excluding hydrogens is 467 g/mol. The van der Waals surface area contributed by atoms with Crippen molar-refractivity contribution in [2.75, 3.05) is 31.1 Å². The molecule has 3 N–H and O–H groups in total. The van der Waals surface area contributed by atoms with E-state index in [4.69, 9.17) is 8.42 Å². The fourth-order valence-electron chi connectivity index (χ4n) is 4.00. The van der Waals surface area contributed by atoms with E-state index in [0.717, 1.165) is 37.1 Å². The van der Waals surface area contributed by atoms with Gasteiger partial charge in [-0.3, -0.25) is 0 Å². The van der Waals surface area contributed by atoms with E-state index < -0.39 is 22.6 Å². The third-order valence-electron chi connectivity index (χ3n) is 5.50. The smallest absolute Gasteiger partial charge is 0.355 e. The number of halogens is 3. The fraction of sp³-hybridized carbons (Fsp3) is 0.348. The highest BCUT2D eigenvalue weighted by Gasteiger charge is 2.35. The molecule has 11 heteroatoms. The van der Waals surface area contributed by atoms with E-state index in [9.17, 15) is 13.2 Å². The normalized spacial score (nSPS) is 18.4. The molecule has 1 aromatic heterocycles. The van der Waals surface area contributed by atoms with Crippen LogP contribution in [0.5, 0.6) is 0 Å². The Kier molecular flexibility index (Phi) is 8.34. The molecule has 184 valence electrons. The van der Waals surface area contributed by atoms with Gasteiger partial charge in [0.25, 0.3) is 0 Å². The molecule has 1 atom stereocenters. The van der Waals surface area contributed by atoms with Crippen LogP contribution in [0.15, 0.2) is 60.4 Å². The topological polar surface area (TPSA) is 91.6 Å². The van der Waals surface area contributed by atoms with E-state index in [-0.39, 0.29) is 5.69 Å². The Hall–Kier alpha value is -2.89. The number of nitrogens with two attached hydrogens (primary N) is 1. The van der Waals surface area contributed by atoms with E-state index >= 15 is 0 Å². The number of nitrogens with one attached hydrogen (secondary N) is 1. The Balaban J connectivity index is 0.000000751. The van der Waals surface area contributed by atoms with Gasteiger partial charge in [-0.1, -0.05) is 36.4 Å². The first-order chi connectivity index (χ1) is 16.1. The quantitative estimate of drug-likeness (QED) is 0.567. The molecule has 0 aliphatic carbocycles. The molecule has 2 aliphatic heterocycles. The molecule has 0 saturated carbocycles. The van der Waals surface area contributed by atoms with Crippen LogP contribution in [0, 0.1) is 6.92 Å². The minimum atomic E-state index is -4.47. The Morgan fingerprint density at radius 3 is 2.53 bits per heavy atom. The van der Waals surface area contributed by atoms with Crippen molar-refractivity contribution in [3.63, 3.8) is 0 Å². The zero-order chi connectivity index (χ0) is 24.9. The van der Waals surface area contributed by atoms with E-state index in [0.29, 0.717) is 24.0 Å². The van der Waals surface area contributed by atoms with Crippen LogP contribution in [0.1, 0.15) is 18.1 Å². The first-order valence-electron chi connectivity index (χ1n) is 10.7. The van der Waals surface area contributed by atoms with Gasteiger partial charge < -0.3 is 15.1 Å². The lowest BCUT2D eigenvalue weighted by Gasteiger charge is -2.40. The highest BCUT2D eigenvalue weighted by Crippen LogP contribution is 2.39. The molecule has 2 aromatic rings. The lowest BCUT2D eigenvalue weighted by molar-refractivity contribution is -0.137. The lowest BCUT2D eigenvalue weighted by atomic mass is 10.0. The first-order valence-corrected chi connectivity index (χ1v) is 12.0. The van der Waals surface area contributed by atoms with Gasteiger partial charge in [-0.05, 0) is 37.6 Å². The summed E-state index contributed by atoms with van der Waals surface area (Å²) in [5.74, 6) is 1.48. The van der Waals surface area contributed by atoms with Crippen LogP contribution < -0.4 is 15.4 Å². The molecule has 34 heavy (non-hydrogen) atoms. The molecular formula is C23H28F3N5O2S. The Morgan fingerprint density at radius 1 is 1.18 bits per heavy atom. The van der Waals surface area contributed by atoms with E-state index in [1.54, 1.807) is 25.1 Å². The number of aryl methyl sites for hydroxylation is 1. The van der Waals surface area contributed by atoms with E-state index in [1.165, 1.54) is 6.07 Å². The summed E-state index contributed by atoms with van der Waals surface area (Å²) >= 11 is 0. The Morgan fingerprint density at radius 2 is 1.88 bits per heavy atom. The maximum atomic E-state index is 13.8. The number of aromatic nitrogens is 1. The maximum Gasteiger partial charge on any atom is 0.418 e. The third-order valence-corrected chi connectivity index (χ3v) is 5.50. The molecule has 1 aromatic carbocycles. The number of thiol groups is 1. The van der Waals surface area contributed by atoms with Crippen molar-refractivity contribution in [3.8, 4) is 11.3 Å². The van der Waals surface area contributed by atoms with Gasteiger partial charge in [-0.2, -0.15) is 13.2 Å². The number of nitrogens with zero attached hydrogens (tertiary/aromatic N) is 3. The van der Waals surface area contributed by atoms with Gasteiger partial charge >= 0.3 is 6.18 Å². The molecule has 0 radical (unpaired) electrons. The van der Waals surface area contributed by atoms with Crippen molar-refractivity contribution in [2.24, 2.45) is 5.14 Å². The number of rotatable bonds is 3. The van der Waals surface area contributed by atoms with Crippen LogP contribution in [0.25, 0.3) is 11.3 Å². The summed E-state index contributed by atoms with van der Waals surface area (Å²) in [4.78, 5) is 8.79. The number of hydrogen-bond acceptors (Lipinski definition) is 6. The molecule has 4 rings (SSSR count). The molecule has 0 spiro atoms. The number of pyridine rings is 1. The highest BCUT2D eigenvalue weighted by molar-refractivity contribution is 7.69. The SMILES string of the molecule is Cc1ccccc1-c1nc(N2CC=CC=C2N2CCN[C@H](C)C2)ccc1C(F)(F)F.N[SH](=O)=O. The van der Waals surface area contributed by atoms with Crippen molar-refractivity contribution >= 4 is 16.7 Å². The predicted molar refractivity (Wildman–Crippen MR) is 128 cm³/mol. The number of alkyl halides is 3. The summed E-state index contributed by atoms with van der Waals surface area (Å²) in [5.41, 5.74) is 0.522. The maximum absolute atomic E-state index is 13.8. The summed E-state index contributed by atoms with van der Waals surface area (Å²) in [6, 6.07) is 10.0. The van der Waals surface area contributed by atoms with Gasteiger partial charge in [0.1, 0.15) is 11.6 Å². The summed E-state index contributed by atoms with van der Waals surface area (Å²) < 4.78 is 58.9. The van der Waals surface area contributed by atoms with Crippen LogP contribution in [-0.2, 0) is 17.1 Å². The summed E-state index contributed by atoms with van der Waals surface area (Å²) in [6.07, 6.45) is 1.51. The van der Waals surface area contributed by atoms with Gasteiger partial charge in [0.15, 0.2) is 10.9 Å². The second-order valence-corrected chi connectivity index (χ2v) is 8.60. The van der Waals surface area contributed by atoms with Gasteiger partial charge in [-0.25, -0.2) is 18.5 Å². The molecule has 3 heterocycles. The lowest BCUT2D eigenvalue weighted by Crippen LogP contribution is -2.51. The fourth-order valence-corrected chi connectivity index (χ4v) is 4.00. The second-order valence-electron chi connectivity index (χ2n) is 8.03. The van der Waals surface area contributed by atoms with Gasteiger partial charge in [0, 0.05) is 37.8 Å². The Bertz CT molecular complexity index is 1140. The number of benzene rings is 1. The van der Waals surface area contributed by atoms with E-state index in [1.807, 2.05) is 29.2 Å². The monoisotopic (exact) mass is 495 g/mol. The summed E-state index contributed by atoms with van der Waals surface area (Å²) in [6.45, 7) is 7.04. The Labute approximate surface area is 198 Å². The van der Waals surface area contributed by atoms with Gasteiger partial charge in [0.05, 0.1) is 11.3 Å².